The predicted octanol–water partition coefficient (Wildman–Crippen LogP) is -0.877. The molecular formula is C9H14N4O3S. The topological polar surface area (TPSA) is 109 Å². The average Bonchev–Trinajstić information content (AvgIpc) is 2.76. The fraction of sp³-hybridized carbons (Fsp3) is 0.444. The zero-order chi connectivity index (χ0) is 12.5. The lowest BCUT2D eigenvalue weighted by Gasteiger charge is -2.17. The number of aromatic nitrogens is 1. The van der Waals surface area contributed by atoms with Gasteiger partial charge in [0, 0.05) is 25.5 Å². The quantitative estimate of drug-likeness (QED) is 0.480. The lowest BCUT2D eigenvalue weighted by Crippen LogP contribution is -2.30. The number of nitrogens with one attached hydrogen (secondary N) is 1. The maximum Gasteiger partial charge on any atom is 0.246 e. The van der Waals surface area contributed by atoms with E-state index in [4.69, 9.17) is 5.84 Å². The molecule has 17 heavy (non-hydrogen) atoms. The van der Waals surface area contributed by atoms with Crippen molar-refractivity contribution in [1.29, 1.82) is 0 Å². The summed E-state index contributed by atoms with van der Waals surface area (Å²) in [4.78, 5) is 3.81. The number of nitrogens with zero attached hydrogens (tertiary/aromatic N) is 2. The van der Waals surface area contributed by atoms with E-state index >= 15 is 0 Å². The normalized spacial score (nSPS) is 21.6. The van der Waals surface area contributed by atoms with Crippen molar-refractivity contribution in [2.45, 2.75) is 17.4 Å². The van der Waals surface area contributed by atoms with Gasteiger partial charge in [-0.3, -0.25) is 10.8 Å². The molecule has 1 unspecified atom stereocenters. The lowest BCUT2D eigenvalue weighted by molar-refractivity contribution is 0.189. The number of nitrogen functional groups attached to an aromatic ring is 1. The van der Waals surface area contributed by atoms with E-state index in [1.807, 2.05) is 0 Å². The van der Waals surface area contributed by atoms with Crippen molar-refractivity contribution >= 4 is 15.7 Å². The summed E-state index contributed by atoms with van der Waals surface area (Å²) >= 11 is 0. The molecule has 4 N–H and O–H groups in total. The fourth-order valence-electron chi connectivity index (χ4n) is 1.77. The third-order valence-electron chi connectivity index (χ3n) is 2.68. The van der Waals surface area contributed by atoms with E-state index in [2.05, 4.69) is 10.4 Å². The van der Waals surface area contributed by atoms with Gasteiger partial charge >= 0.3 is 0 Å². The van der Waals surface area contributed by atoms with Gasteiger partial charge in [-0.05, 0) is 12.5 Å². The number of sulfonamides is 1. The van der Waals surface area contributed by atoms with Gasteiger partial charge in [0.25, 0.3) is 0 Å². The van der Waals surface area contributed by atoms with Crippen LogP contribution in [0, 0.1) is 0 Å². The Morgan fingerprint density at radius 1 is 1.59 bits per heavy atom. The van der Waals surface area contributed by atoms with Crippen molar-refractivity contribution in [3.63, 3.8) is 0 Å². The molecule has 0 radical (unpaired) electrons. The fourth-order valence-corrected chi connectivity index (χ4v) is 3.36. The zero-order valence-electron chi connectivity index (χ0n) is 9.07. The minimum atomic E-state index is -3.65. The molecule has 1 atom stereocenters. The first-order valence-electron chi connectivity index (χ1n) is 5.14. The number of anilines is 1. The molecule has 1 aliphatic rings. The second-order valence-corrected chi connectivity index (χ2v) is 5.73. The van der Waals surface area contributed by atoms with Crippen LogP contribution in [0.3, 0.4) is 0 Å². The first kappa shape index (κ1) is 12.2. The van der Waals surface area contributed by atoms with Crippen LogP contribution in [0.5, 0.6) is 0 Å². The van der Waals surface area contributed by atoms with Gasteiger partial charge in [-0.2, -0.15) is 4.31 Å². The maximum atomic E-state index is 12.2. The van der Waals surface area contributed by atoms with Crippen molar-refractivity contribution in [3.8, 4) is 0 Å². The van der Waals surface area contributed by atoms with Crippen molar-refractivity contribution in [1.82, 2.24) is 9.29 Å². The second kappa shape index (κ2) is 4.57. The number of nitrogens with two attached hydrogens (primary N) is 1. The summed E-state index contributed by atoms with van der Waals surface area (Å²) in [5.41, 5.74) is 2.62. The number of hydrazine groups is 1. The smallest absolute Gasteiger partial charge is 0.246 e. The molecule has 1 aliphatic heterocycles. The molecule has 1 aromatic rings. The van der Waals surface area contributed by atoms with Crippen LogP contribution in [-0.4, -0.2) is 42.0 Å². The van der Waals surface area contributed by atoms with Crippen LogP contribution in [0.4, 0.5) is 5.69 Å². The Morgan fingerprint density at radius 2 is 2.35 bits per heavy atom. The summed E-state index contributed by atoms with van der Waals surface area (Å²) in [5.74, 6) is 5.26. The summed E-state index contributed by atoms with van der Waals surface area (Å²) in [6.45, 7) is 0.420. The molecule has 0 amide bonds. The van der Waals surface area contributed by atoms with E-state index in [0.29, 0.717) is 18.7 Å². The van der Waals surface area contributed by atoms with Crippen molar-refractivity contribution in [2.75, 3.05) is 18.5 Å². The Hall–Kier alpha value is -1.22. The van der Waals surface area contributed by atoms with Crippen molar-refractivity contribution in [2.24, 2.45) is 5.84 Å². The Kier molecular flexibility index (Phi) is 3.29. The number of rotatable bonds is 3. The highest BCUT2D eigenvalue weighted by molar-refractivity contribution is 7.89. The third kappa shape index (κ3) is 2.25. The van der Waals surface area contributed by atoms with E-state index in [-0.39, 0.29) is 11.4 Å². The molecule has 0 saturated carbocycles. The maximum absolute atomic E-state index is 12.2. The van der Waals surface area contributed by atoms with Crippen molar-refractivity contribution in [3.05, 3.63) is 18.5 Å². The second-order valence-electron chi connectivity index (χ2n) is 3.82. The molecule has 1 saturated heterocycles. The predicted molar refractivity (Wildman–Crippen MR) is 61.4 cm³/mol. The van der Waals surface area contributed by atoms with Gasteiger partial charge in [-0.1, -0.05) is 0 Å². The number of aliphatic hydroxyl groups is 1. The highest BCUT2D eigenvalue weighted by Crippen LogP contribution is 2.25. The van der Waals surface area contributed by atoms with E-state index in [0.717, 1.165) is 0 Å². The Morgan fingerprint density at radius 3 is 2.94 bits per heavy atom. The number of hydrogen-bond acceptors (Lipinski definition) is 6. The van der Waals surface area contributed by atoms with Crippen LogP contribution in [0.1, 0.15) is 6.42 Å². The monoisotopic (exact) mass is 258 g/mol. The van der Waals surface area contributed by atoms with Crippen molar-refractivity contribution < 1.29 is 13.5 Å². The molecule has 7 nitrogen and oxygen atoms in total. The molecule has 94 valence electrons. The van der Waals surface area contributed by atoms with Gasteiger partial charge in [-0.25, -0.2) is 8.42 Å². The van der Waals surface area contributed by atoms with Gasteiger partial charge in [0.1, 0.15) is 4.90 Å². The van der Waals surface area contributed by atoms with Crippen LogP contribution >= 0.6 is 0 Å². The van der Waals surface area contributed by atoms with Crippen LogP contribution in [0.2, 0.25) is 0 Å². The largest absolute Gasteiger partial charge is 0.392 e. The SMILES string of the molecule is NNc1ccncc1S(=O)(=O)N1CCC(O)C1. The standard InChI is InChI=1S/C9H14N4O3S/c10-12-8-1-3-11-5-9(8)17(15,16)13-4-2-7(14)6-13/h1,3,5,7,14H,2,4,6,10H2,(H,11,12). The van der Waals surface area contributed by atoms with Gasteiger partial charge in [0.15, 0.2) is 0 Å². The third-order valence-corrected chi connectivity index (χ3v) is 4.58. The molecule has 0 bridgehead atoms. The summed E-state index contributed by atoms with van der Waals surface area (Å²) in [6, 6.07) is 1.49. The molecule has 2 heterocycles. The van der Waals surface area contributed by atoms with Crippen LogP contribution < -0.4 is 11.3 Å². The van der Waals surface area contributed by atoms with E-state index in [9.17, 15) is 13.5 Å². The molecule has 8 heteroatoms. The summed E-state index contributed by atoms with van der Waals surface area (Å²) in [5, 5.41) is 9.37. The van der Waals surface area contributed by atoms with E-state index in [1.54, 1.807) is 0 Å². The first-order chi connectivity index (χ1) is 8.05. The van der Waals surface area contributed by atoms with Crippen LogP contribution in [0.25, 0.3) is 0 Å². The van der Waals surface area contributed by atoms with Gasteiger partial charge < -0.3 is 10.5 Å². The molecule has 0 spiro atoms. The number of pyridine rings is 1. The van der Waals surface area contributed by atoms with Crippen LogP contribution in [0.15, 0.2) is 23.4 Å². The molecule has 2 rings (SSSR count). The van der Waals surface area contributed by atoms with E-state index in [1.165, 1.54) is 22.8 Å². The molecule has 0 aromatic carbocycles. The molecular weight excluding hydrogens is 244 g/mol. The minimum absolute atomic E-state index is 0.0246. The summed E-state index contributed by atoms with van der Waals surface area (Å²) < 4.78 is 25.7. The summed E-state index contributed by atoms with van der Waals surface area (Å²) in [6.07, 6.45) is 2.54. The molecule has 1 fully saturated rings. The Bertz CT molecular complexity index is 505. The Balaban J connectivity index is 2.38. The summed E-state index contributed by atoms with van der Waals surface area (Å²) in [7, 11) is -3.65. The lowest BCUT2D eigenvalue weighted by atomic mass is 10.3. The number of aliphatic hydroxyl groups excluding tert-OH is 1. The highest BCUT2D eigenvalue weighted by atomic mass is 32.2. The number of hydrogen-bond donors (Lipinski definition) is 3. The first-order valence-corrected chi connectivity index (χ1v) is 6.58. The number of β-amino-alcohol motifs (C(OH)–C–C–N with tert-alkyl or cyclic N) is 1. The van der Waals surface area contributed by atoms with E-state index < -0.39 is 16.1 Å². The average molecular weight is 258 g/mol. The minimum Gasteiger partial charge on any atom is -0.392 e. The molecule has 1 aromatic heterocycles. The van der Waals surface area contributed by atoms with Gasteiger partial charge in [-0.15, -0.1) is 0 Å². The van der Waals surface area contributed by atoms with Gasteiger partial charge in [0.2, 0.25) is 10.0 Å². The molecule has 0 aliphatic carbocycles. The Labute approximate surface area is 99.3 Å². The highest BCUT2D eigenvalue weighted by Gasteiger charge is 2.33. The van der Waals surface area contributed by atoms with Gasteiger partial charge in [0.05, 0.1) is 11.8 Å². The zero-order valence-corrected chi connectivity index (χ0v) is 9.89. The van der Waals surface area contributed by atoms with Crippen LogP contribution in [-0.2, 0) is 10.0 Å².